The van der Waals surface area contributed by atoms with Gasteiger partial charge >= 0.3 is 0 Å². The first-order chi connectivity index (χ1) is 19.0. The second-order valence-corrected chi connectivity index (χ2v) is 9.80. The Bertz CT molecular complexity index is 1410. The van der Waals surface area contributed by atoms with Gasteiger partial charge in [-0.25, -0.2) is 4.68 Å². The number of rotatable bonds is 10. The normalized spacial score (nSPS) is 15.7. The number of hydrogen-bond donors (Lipinski definition) is 1. The Kier molecular flexibility index (Phi) is 8.17. The zero-order valence-electron chi connectivity index (χ0n) is 22.2. The number of fused-ring (bicyclic) bond motifs is 1. The fourth-order valence-corrected chi connectivity index (χ4v) is 4.84. The van der Waals surface area contributed by atoms with Crippen LogP contribution in [0, 0.1) is 6.92 Å². The first kappa shape index (κ1) is 26.4. The van der Waals surface area contributed by atoms with Crippen LogP contribution in [0.15, 0.2) is 72.8 Å². The average Bonchev–Trinajstić information content (AvgIpc) is 3.63. The van der Waals surface area contributed by atoms with Gasteiger partial charge in [-0.1, -0.05) is 59.3 Å². The highest BCUT2D eigenvalue weighted by molar-refractivity contribution is 5.89. The van der Waals surface area contributed by atoms with Crippen LogP contribution in [0.2, 0.25) is 0 Å². The van der Waals surface area contributed by atoms with Crippen LogP contribution in [-0.2, 0) is 27.4 Å². The summed E-state index contributed by atoms with van der Waals surface area (Å²) in [4.78, 5) is 29.5. The highest BCUT2D eigenvalue weighted by Crippen LogP contribution is 2.26. The Morgan fingerprint density at radius 1 is 1.10 bits per heavy atom. The van der Waals surface area contributed by atoms with E-state index in [1.165, 1.54) is 0 Å². The largest absolute Gasteiger partial charge is 0.497 e. The van der Waals surface area contributed by atoms with Crippen molar-refractivity contribution in [3.63, 3.8) is 0 Å². The maximum atomic E-state index is 14.0. The minimum absolute atomic E-state index is 0.0140. The lowest BCUT2D eigenvalue weighted by atomic mass is 10.0. The minimum Gasteiger partial charge on any atom is -0.497 e. The van der Waals surface area contributed by atoms with Gasteiger partial charge in [0, 0.05) is 19.7 Å². The highest BCUT2D eigenvalue weighted by atomic mass is 16.5. The summed E-state index contributed by atoms with van der Waals surface area (Å²) in [5.74, 6) is 0.217. The maximum absolute atomic E-state index is 14.0. The maximum Gasteiger partial charge on any atom is 0.247 e. The van der Waals surface area contributed by atoms with Gasteiger partial charge < -0.3 is 19.7 Å². The van der Waals surface area contributed by atoms with Crippen molar-refractivity contribution in [2.45, 2.75) is 45.0 Å². The fourth-order valence-electron chi connectivity index (χ4n) is 4.84. The summed E-state index contributed by atoms with van der Waals surface area (Å²) < 4.78 is 12.6. The SMILES string of the molecule is COc1ccc(CN(C(=O)Cn2nnc3ccccc32)C(C(=O)NCC2CCCO2)c2ccc(C)cc2)cc1. The second kappa shape index (κ2) is 12.1. The number of nitrogens with zero attached hydrogens (tertiary/aromatic N) is 4. The molecule has 9 heteroatoms. The van der Waals surface area contributed by atoms with Gasteiger partial charge in [0.15, 0.2) is 0 Å². The zero-order valence-corrected chi connectivity index (χ0v) is 22.2. The molecule has 0 spiro atoms. The predicted molar refractivity (Wildman–Crippen MR) is 147 cm³/mol. The molecule has 0 saturated carbocycles. The summed E-state index contributed by atoms with van der Waals surface area (Å²) in [6.07, 6.45) is 1.87. The number of para-hydroxylation sites is 1. The first-order valence-corrected chi connectivity index (χ1v) is 13.2. The molecule has 5 rings (SSSR count). The van der Waals surface area contributed by atoms with Gasteiger partial charge in [0.25, 0.3) is 0 Å². The molecule has 2 heterocycles. The molecule has 1 aliphatic rings. The second-order valence-electron chi connectivity index (χ2n) is 9.80. The van der Waals surface area contributed by atoms with Crippen molar-refractivity contribution in [2.24, 2.45) is 0 Å². The van der Waals surface area contributed by atoms with Crippen molar-refractivity contribution in [3.05, 3.63) is 89.5 Å². The predicted octanol–water partition coefficient (Wildman–Crippen LogP) is 3.81. The summed E-state index contributed by atoms with van der Waals surface area (Å²) in [5, 5.41) is 11.5. The third kappa shape index (κ3) is 6.26. The van der Waals surface area contributed by atoms with E-state index in [9.17, 15) is 9.59 Å². The van der Waals surface area contributed by atoms with E-state index in [0.717, 1.165) is 40.8 Å². The van der Waals surface area contributed by atoms with Gasteiger partial charge in [0.1, 0.15) is 23.9 Å². The number of aromatic nitrogens is 3. The van der Waals surface area contributed by atoms with Crippen molar-refractivity contribution >= 4 is 22.8 Å². The highest BCUT2D eigenvalue weighted by Gasteiger charge is 2.32. The summed E-state index contributed by atoms with van der Waals surface area (Å²) in [6.45, 7) is 3.27. The van der Waals surface area contributed by atoms with Gasteiger partial charge in [-0.15, -0.1) is 5.10 Å². The molecule has 1 N–H and O–H groups in total. The molecule has 1 aliphatic heterocycles. The number of ether oxygens (including phenoxy) is 2. The Labute approximate surface area is 227 Å². The van der Waals surface area contributed by atoms with Crippen LogP contribution in [0.1, 0.15) is 35.6 Å². The lowest BCUT2D eigenvalue weighted by Crippen LogP contribution is -2.46. The Hall–Kier alpha value is -4.24. The molecule has 2 amide bonds. The minimum atomic E-state index is -0.851. The molecule has 0 radical (unpaired) electrons. The van der Waals surface area contributed by atoms with Crippen LogP contribution in [0.25, 0.3) is 11.0 Å². The van der Waals surface area contributed by atoms with E-state index < -0.39 is 6.04 Å². The number of carbonyl (C=O) groups excluding carboxylic acids is 2. The molecule has 1 saturated heterocycles. The first-order valence-electron chi connectivity index (χ1n) is 13.2. The lowest BCUT2D eigenvalue weighted by Gasteiger charge is -2.32. The van der Waals surface area contributed by atoms with Gasteiger partial charge in [-0.05, 0) is 55.2 Å². The molecule has 9 nitrogen and oxygen atoms in total. The van der Waals surface area contributed by atoms with E-state index in [1.54, 1.807) is 16.7 Å². The van der Waals surface area contributed by atoms with Gasteiger partial charge in [0.2, 0.25) is 11.8 Å². The van der Waals surface area contributed by atoms with E-state index in [0.29, 0.717) is 18.7 Å². The van der Waals surface area contributed by atoms with E-state index in [4.69, 9.17) is 9.47 Å². The molecular weight excluding hydrogens is 494 g/mol. The fraction of sp³-hybridized carbons (Fsp3) is 0.333. The van der Waals surface area contributed by atoms with Crippen molar-refractivity contribution in [1.82, 2.24) is 25.2 Å². The number of amides is 2. The molecule has 1 fully saturated rings. The number of nitrogens with one attached hydrogen (secondary N) is 1. The molecule has 202 valence electrons. The van der Waals surface area contributed by atoms with Crippen LogP contribution < -0.4 is 10.1 Å². The summed E-state index contributed by atoms with van der Waals surface area (Å²) in [6, 6.07) is 21.9. The van der Waals surface area contributed by atoms with Crippen molar-refractivity contribution in [2.75, 3.05) is 20.3 Å². The van der Waals surface area contributed by atoms with E-state index in [-0.39, 0.29) is 31.0 Å². The van der Waals surface area contributed by atoms with E-state index in [2.05, 4.69) is 15.6 Å². The number of aryl methyl sites for hydroxylation is 1. The van der Waals surface area contributed by atoms with Crippen LogP contribution in [0.5, 0.6) is 5.75 Å². The van der Waals surface area contributed by atoms with Crippen molar-refractivity contribution in [3.8, 4) is 5.75 Å². The average molecular weight is 528 g/mol. The summed E-state index contributed by atoms with van der Waals surface area (Å²) in [7, 11) is 1.61. The molecule has 1 aromatic heterocycles. The Morgan fingerprint density at radius 3 is 2.59 bits per heavy atom. The summed E-state index contributed by atoms with van der Waals surface area (Å²) >= 11 is 0. The standard InChI is InChI=1S/C30H33N5O4/c1-21-9-13-23(14-10-21)29(30(37)31-18-25-6-5-17-39-25)34(19-22-11-15-24(38-2)16-12-22)28(36)20-35-27-8-4-3-7-26(27)32-33-35/h3-4,7-16,25,29H,5-6,17-20H2,1-2H3,(H,31,37). The molecule has 0 aliphatic carbocycles. The van der Waals surface area contributed by atoms with Gasteiger partial charge in [0.05, 0.1) is 18.7 Å². The lowest BCUT2D eigenvalue weighted by molar-refractivity contribution is -0.142. The summed E-state index contributed by atoms with van der Waals surface area (Å²) in [5.41, 5.74) is 4.13. The topological polar surface area (TPSA) is 98.6 Å². The number of benzene rings is 3. The van der Waals surface area contributed by atoms with Gasteiger partial charge in [-0.2, -0.15) is 0 Å². The molecule has 4 aromatic rings. The van der Waals surface area contributed by atoms with Crippen molar-refractivity contribution < 1.29 is 19.1 Å². The Morgan fingerprint density at radius 2 is 1.87 bits per heavy atom. The molecular formula is C30H33N5O4. The van der Waals surface area contributed by atoms with Crippen LogP contribution >= 0.6 is 0 Å². The zero-order chi connectivity index (χ0) is 27.2. The van der Waals surface area contributed by atoms with Gasteiger partial charge in [-0.3, -0.25) is 9.59 Å². The smallest absolute Gasteiger partial charge is 0.247 e. The van der Waals surface area contributed by atoms with E-state index in [1.807, 2.05) is 79.7 Å². The third-order valence-corrected chi connectivity index (χ3v) is 7.02. The Balaban J connectivity index is 1.49. The quantitative estimate of drug-likeness (QED) is 0.337. The van der Waals surface area contributed by atoms with E-state index >= 15 is 0 Å². The molecule has 3 aromatic carbocycles. The molecule has 2 atom stereocenters. The molecule has 2 unspecified atom stereocenters. The third-order valence-electron chi connectivity index (χ3n) is 7.02. The van der Waals surface area contributed by atoms with Crippen LogP contribution in [-0.4, -0.2) is 58.1 Å². The molecule has 39 heavy (non-hydrogen) atoms. The molecule has 0 bridgehead atoms. The monoisotopic (exact) mass is 527 g/mol. The number of methoxy groups -OCH3 is 1. The van der Waals surface area contributed by atoms with Crippen LogP contribution in [0.3, 0.4) is 0 Å². The number of hydrogen-bond acceptors (Lipinski definition) is 6. The van der Waals surface area contributed by atoms with Crippen LogP contribution in [0.4, 0.5) is 0 Å². The van der Waals surface area contributed by atoms with Crippen molar-refractivity contribution in [1.29, 1.82) is 0 Å². The number of carbonyl (C=O) groups is 2.